The smallest absolute Gasteiger partial charge is 0.226 e. The van der Waals surface area contributed by atoms with Gasteiger partial charge in [0.15, 0.2) is 0 Å². The third-order valence-corrected chi connectivity index (χ3v) is 4.31. The van der Waals surface area contributed by atoms with Crippen LogP contribution < -0.4 is 9.64 Å². The zero-order chi connectivity index (χ0) is 17.9. The first-order valence-corrected chi connectivity index (χ1v) is 8.16. The van der Waals surface area contributed by atoms with Gasteiger partial charge in [-0.2, -0.15) is 0 Å². The van der Waals surface area contributed by atoms with Crippen molar-refractivity contribution in [3.8, 4) is 5.75 Å². The molecular formula is C19H21ClFNO2. The van der Waals surface area contributed by atoms with Crippen molar-refractivity contribution in [3.05, 3.63) is 57.9 Å². The van der Waals surface area contributed by atoms with E-state index in [1.54, 1.807) is 44.0 Å². The van der Waals surface area contributed by atoms with Gasteiger partial charge in [0.05, 0.1) is 5.69 Å². The Morgan fingerprint density at radius 3 is 2.62 bits per heavy atom. The summed E-state index contributed by atoms with van der Waals surface area (Å²) in [5.74, 6) is 0.336. The van der Waals surface area contributed by atoms with Gasteiger partial charge in [0.2, 0.25) is 5.91 Å². The van der Waals surface area contributed by atoms with Crippen LogP contribution in [0.1, 0.15) is 30.0 Å². The monoisotopic (exact) mass is 349 g/mol. The number of ether oxygens (including phenoxy) is 1. The molecule has 0 aliphatic heterocycles. The molecule has 0 atom stereocenters. The summed E-state index contributed by atoms with van der Waals surface area (Å²) in [5, 5.41) is 0.528. The molecule has 0 aliphatic rings. The van der Waals surface area contributed by atoms with E-state index >= 15 is 0 Å². The molecule has 0 heterocycles. The lowest BCUT2D eigenvalue weighted by atomic mass is 10.1. The van der Waals surface area contributed by atoms with Crippen LogP contribution in [0.5, 0.6) is 5.75 Å². The summed E-state index contributed by atoms with van der Waals surface area (Å²) in [6.45, 7) is 5.49. The van der Waals surface area contributed by atoms with E-state index in [1.165, 1.54) is 6.07 Å². The van der Waals surface area contributed by atoms with Crippen molar-refractivity contribution in [2.45, 2.75) is 33.8 Å². The van der Waals surface area contributed by atoms with E-state index in [4.69, 9.17) is 16.3 Å². The van der Waals surface area contributed by atoms with Crippen LogP contribution in [0.3, 0.4) is 0 Å². The minimum absolute atomic E-state index is 0.00711. The van der Waals surface area contributed by atoms with Crippen molar-refractivity contribution >= 4 is 23.2 Å². The Kier molecular flexibility index (Phi) is 5.84. The zero-order valence-electron chi connectivity index (χ0n) is 14.3. The normalized spacial score (nSPS) is 10.6. The molecule has 0 spiro atoms. The first kappa shape index (κ1) is 18.3. The quantitative estimate of drug-likeness (QED) is 0.756. The molecule has 2 rings (SSSR count). The zero-order valence-corrected chi connectivity index (χ0v) is 15.1. The molecular weight excluding hydrogens is 329 g/mol. The minimum atomic E-state index is -0.258. The predicted octanol–water partition coefficient (Wildman–Crippen LogP) is 5.05. The van der Waals surface area contributed by atoms with Crippen LogP contribution in [0, 0.1) is 19.7 Å². The van der Waals surface area contributed by atoms with Gasteiger partial charge in [0.1, 0.15) is 18.2 Å². The molecule has 0 saturated carbocycles. The van der Waals surface area contributed by atoms with Crippen molar-refractivity contribution in [1.82, 2.24) is 0 Å². The Labute approximate surface area is 147 Å². The van der Waals surface area contributed by atoms with Crippen molar-refractivity contribution in [3.63, 3.8) is 0 Å². The molecule has 0 aliphatic carbocycles. The maximum atomic E-state index is 13.6. The first-order chi connectivity index (χ1) is 11.3. The van der Waals surface area contributed by atoms with Crippen molar-refractivity contribution in [1.29, 1.82) is 0 Å². The van der Waals surface area contributed by atoms with Crippen molar-refractivity contribution in [2.75, 3.05) is 11.9 Å². The summed E-state index contributed by atoms with van der Waals surface area (Å²) < 4.78 is 19.4. The van der Waals surface area contributed by atoms with Crippen molar-refractivity contribution < 1.29 is 13.9 Å². The molecule has 2 aromatic carbocycles. The van der Waals surface area contributed by atoms with Crippen molar-refractivity contribution in [2.24, 2.45) is 0 Å². The van der Waals surface area contributed by atoms with Gasteiger partial charge in [-0.25, -0.2) is 4.39 Å². The Balaban J connectivity index is 2.30. The van der Waals surface area contributed by atoms with Crippen LogP contribution in [0.15, 0.2) is 30.3 Å². The summed E-state index contributed by atoms with van der Waals surface area (Å²) in [6, 6.07) is 8.51. The number of benzene rings is 2. The SMILES string of the molecule is CCC(=O)N(C)c1cccc(Cl)c1COc1cc(C)c(F)cc1C. The molecule has 24 heavy (non-hydrogen) atoms. The van der Waals surface area contributed by atoms with Gasteiger partial charge < -0.3 is 9.64 Å². The fraction of sp³-hybridized carbons (Fsp3) is 0.316. The summed E-state index contributed by atoms with van der Waals surface area (Å²) >= 11 is 6.31. The topological polar surface area (TPSA) is 29.5 Å². The highest BCUT2D eigenvalue weighted by atomic mass is 35.5. The Morgan fingerprint density at radius 2 is 1.96 bits per heavy atom. The number of carbonyl (C=O) groups is 1. The fourth-order valence-electron chi connectivity index (χ4n) is 2.44. The minimum Gasteiger partial charge on any atom is -0.488 e. The van der Waals surface area contributed by atoms with E-state index in [9.17, 15) is 9.18 Å². The molecule has 0 aromatic heterocycles. The Hall–Kier alpha value is -2.07. The highest BCUT2D eigenvalue weighted by Crippen LogP contribution is 2.30. The van der Waals surface area contributed by atoms with Gasteiger partial charge >= 0.3 is 0 Å². The molecule has 0 radical (unpaired) electrons. The number of rotatable bonds is 5. The molecule has 128 valence electrons. The number of halogens is 2. The van der Waals surface area contributed by atoms with Gasteiger partial charge in [-0.1, -0.05) is 24.6 Å². The van der Waals surface area contributed by atoms with Crippen LogP contribution in [0.4, 0.5) is 10.1 Å². The molecule has 5 heteroatoms. The van der Waals surface area contributed by atoms with E-state index in [0.29, 0.717) is 34.0 Å². The maximum Gasteiger partial charge on any atom is 0.226 e. The average molecular weight is 350 g/mol. The summed E-state index contributed by atoms with van der Waals surface area (Å²) in [6.07, 6.45) is 0.402. The lowest BCUT2D eigenvalue weighted by molar-refractivity contribution is -0.118. The summed E-state index contributed by atoms with van der Waals surface area (Å²) in [5.41, 5.74) is 2.67. The lowest BCUT2D eigenvalue weighted by Crippen LogP contribution is -2.26. The van der Waals surface area contributed by atoms with E-state index in [2.05, 4.69) is 0 Å². The molecule has 0 N–H and O–H groups in total. The second kappa shape index (κ2) is 7.67. The molecule has 0 bridgehead atoms. The van der Waals surface area contributed by atoms with E-state index in [-0.39, 0.29) is 18.3 Å². The highest BCUT2D eigenvalue weighted by Gasteiger charge is 2.16. The molecule has 0 saturated heterocycles. The number of hydrogen-bond donors (Lipinski definition) is 0. The van der Waals surface area contributed by atoms with E-state index < -0.39 is 0 Å². The number of aryl methyl sites for hydroxylation is 2. The van der Waals surface area contributed by atoms with Crippen LogP contribution >= 0.6 is 11.6 Å². The first-order valence-electron chi connectivity index (χ1n) is 7.78. The van der Waals surface area contributed by atoms with Crippen LogP contribution in [-0.2, 0) is 11.4 Å². The number of anilines is 1. The van der Waals surface area contributed by atoms with Gasteiger partial charge in [-0.15, -0.1) is 0 Å². The third kappa shape index (κ3) is 3.88. The summed E-state index contributed by atoms with van der Waals surface area (Å²) in [4.78, 5) is 13.6. The van der Waals surface area contributed by atoms with Gasteiger partial charge in [0, 0.05) is 24.1 Å². The highest BCUT2D eigenvalue weighted by molar-refractivity contribution is 6.31. The van der Waals surface area contributed by atoms with E-state index in [1.807, 2.05) is 13.0 Å². The number of hydrogen-bond acceptors (Lipinski definition) is 2. The molecule has 0 unspecified atom stereocenters. The predicted molar refractivity (Wildman–Crippen MR) is 95.4 cm³/mol. The second-order valence-corrected chi connectivity index (χ2v) is 6.11. The van der Waals surface area contributed by atoms with E-state index in [0.717, 1.165) is 5.56 Å². The van der Waals surface area contributed by atoms with Crippen LogP contribution in [0.2, 0.25) is 5.02 Å². The molecule has 2 aromatic rings. The number of carbonyl (C=O) groups excluding carboxylic acids is 1. The van der Waals surface area contributed by atoms with Crippen LogP contribution in [-0.4, -0.2) is 13.0 Å². The van der Waals surface area contributed by atoms with Crippen LogP contribution in [0.25, 0.3) is 0 Å². The standard InChI is InChI=1S/C19H21ClFNO2/c1-5-19(23)22(4)17-8-6-7-15(20)14(17)11-24-18-10-12(2)16(21)9-13(18)3/h6-10H,5,11H2,1-4H3. The lowest BCUT2D eigenvalue weighted by Gasteiger charge is -2.21. The number of amides is 1. The second-order valence-electron chi connectivity index (χ2n) is 5.70. The maximum absolute atomic E-state index is 13.6. The van der Waals surface area contributed by atoms with Gasteiger partial charge in [-0.3, -0.25) is 4.79 Å². The molecule has 0 fully saturated rings. The van der Waals surface area contributed by atoms with Gasteiger partial charge in [-0.05, 0) is 49.2 Å². The third-order valence-electron chi connectivity index (χ3n) is 3.96. The Bertz CT molecular complexity index is 761. The molecule has 1 amide bonds. The number of nitrogens with zero attached hydrogens (tertiary/aromatic N) is 1. The largest absolute Gasteiger partial charge is 0.488 e. The summed E-state index contributed by atoms with van der Waals surface area (Å²) in [7, 11) is 1.72. The van der Waals surface area contributed by atoms with Gasteiger partial charge in [0.25, 0.3) is 0 Å². The fourth-order valence-corrected chi connectivity index (χ4v) is 2.66. The average Bonchev–Trinajstić information content (AvgIpc) is 2.56. The Morgan fingerprint density at radius 1 is 1.25 bits per heavy atom. The molecule has 3 nitrogen and oxygen atoms in total.